The van der Waals surface area contributed by atoms with Crippen molar-refractivity contribution in [3.8, 4) is 0 Å². The molecule has 0 aliphatic rings. The van der Waals surface area contributed by atoms with Crippen molar-refractivity contribution in [2.24, 2.45) is 0 Å². The Hall–Kier alpha value is 0.748. The topological polar surface area (TPSA) is 27.7 Å². The van der Waals surface area contributed by atoms with Gasteiger partial charge in [0.1, 0.15) is 0 Å². The lowest BCUT2D eigenvalue weighted by Gasteiger charge is -2.39. The molecule has 0 aromatic carbocycles. The molecule has 0 N–H and O–H groups in total. The molecule has 0 atom stereocenters. The molecule has 0 bridgehead atoms. The van der Waals surface area contributed by atoms with Gasteiger partial charge in [0, 0.05) is 0 Å². The quantitative estimate of drug-likeness (QED) is 0.659. The number of hydrogen-bond acceptors (Lipinski definition) is 3. The molecule has 0 saturated carbocycles. The van der Waals surface area contributed by atoms with E-state index >= 15 is 0 Å². The second-order valence-corrected chi connectivity index (χ2v) is 23.8. The van der Waals surface area contributed by atoms with E-state index in [0.717, 1.165) is 0 Å². The highest BCUT2D eigenvalue weighted by Gasteiger charge is 2.41. The van der Waals surface area contributed by atoms with Gasteiger partial charge in [-0.25, -0.2) is 0 Å². The van der Waals surface area contributed by atoms with Gasteiger partial charge in [-0.3, -0.25) is 0 Å². The molecule has 112 valence electrons. The zero-order valence-corrected chi connectivity index (χ0v) is 17.2. The molecule has 0 aromatic rings. The fourth-order valence-electron chi connectivity index (χ4n) is 2.11. The van der Waals surface area contributed by atoms with Crippen LogP contribution in [-0.4, -0.2) is 33.8 Å². The fourth-order valence-corrected chi connectivity index (χ4v) is 19.7. The summed E-state index contributed by atoms with van der Waals surface area (Å²) in [6, 6.07) is 0. The van der Waals surface area contributed by atoms with Gasteiger partial charge < -0.3 is 12.3 Å². The zero-order valence-electron chi connectivity index (χ0n) is 13.2. The normalized spacial score (nSPS) is 14.3. The first-order valence-electron chi connectivity index (χ1n) is 6.22. The summed E-state index contributed by atoms with van der Waals surface area (Å²) in [5, 5.41) is 0. The molecule has 0 unspecified atom stereocenters. The summed E-state index contributed by atoms with van der Waals surface area (Å²) in [6.45, 7) is 21.8. The number of rotatable bonds is 6. The zero-order chi connectivity index (χ0) is 14.1. The Labute approximate surface area is 119 Å². The molecule has 0 heterocycles. The molecule has 0 radical (unpaired) electrons. The van der Waals surface area contributed by atoms with Gasteiger partial charge in [-0.05, 0) is 65.5 Å². The summed E-state index contributed by atoms with van der Waals surface area (Å²) in [6.07, 6.45) is 0. The average molecular weight is 327 g/mol. The molecule has 18 heavy (non-hydrogen) atoms. The van der Waals surface area contributed by atoms with Crippen LogP contribution in [0.2, 0.25) is 65.5 Å². The van der Waals surface area contributed by atoms with E-state index in [0.29, 0.717) is 0 Å². The fraction of sp³-hybridized carbons (Fsp3) is 1.00. The van der Waals surface area contributed by atoms with Crippen LogP contribution in [0.4, 0.5) is 0 Å². The molecular formula is C11H34O3Si4. The average Bonchev–Trinajstić information content (AvgIpc) is 1.65. The largest absolute Gasteiger partial charge is 0.437 e. The first kappa shape index (κ1) is 21.1. The van der Waals surface area contributed by atoms with Crippen LogP contribution in [0.15, 0.2) is 0 Å². The molecule has 0 rings (SSSR count). The van der Waals surface area contributed by atoms with Crippen LogP contribution in [0.25, 0.3) is 0 Å². The van der Waals surface area contributed by atoms with E-state index in [2.05, 4.69) is 65.5 Å². The maximum Gasteiger partial charge on any atom is 0.312 e. The highest BCUT2D eigenvalue weighted by Crippen LogP contribution is 2.23. The van der Waals surface area contributed by atoms with Crippen LogP contribution in [0.3, 0.4) is 0 Å². The Morgan fingerprint density at radius 1 is 0.444 bits per heavy atom. The summed E-state index contributed by atoms with van der Waals surface area (Å²) in [7, 11) is -7.18. The van der Waals surface area contributed by atoms with Crippen LogP contribution in [0.1, 0.15) is 7.43 Å². The minimum Gasteiger partial charge on any atom is -0.437 e. The van der Waals surface area contributed by atoms with Crippen LogP contribution in [-0.2, 0) is 12.3 Å². The molecular weight excluding hydrogens is 292 g/mol. The third kappa shape index (κ3) is 11.8. The smallest absolute Gasteiger partial charge is 0.312 e. The summed E-state index contributed by atoms with van der Waals surface area (Å²) < 4.78 is 18.7. The van der Waals surface area contributed by atoms with Crippen LogP contribution in [0, 0.1) is 0 Å². The predicted octanol–water partition coefficient (Wildman–Crippen LogP) is 4.75. The molecule has 0 aliphatic carbocycles. The molecule has 3 nitrogen and oxygen atoms in total. The molecule has 0 aromatic heterocycles. The lowest BCUT2D eigenvalue weighted by atomic mass is 11.8. The molecule has 0 fully saturated rings. The summed E-state index contributed by atoms with van der Waals surface area (Å²) in [5.41, 5.74) is 0. The maximum absolute atomic E-state index is 6.28. The predicted molar refractivity (Wildman–Crippen MR) is 91.6 cm³/mol. The van der Waals surface area contributed by atoms with Gasteiger partial charge in [0.2, 0.25) is 0 Å². The van der Waals surface area contributed by atoms with E-state index in [1.807, 2.05) is 0 Å². The van der Waals surface area contributed by atoms with E-state index in [-0.39, 0.29) is 7.43 Å². The van der Waals surface area contributed by atoms with Crippen molar-refractivity contribution in [2.45, 2.75) is 72.9 Å². The second-order valence-electron chi connectivity index (χ2n) is 7.33. The minimum atomic E-state index is -2.05. The van der Waals surface area contributed by atoms with E-state index in [1.54, 1.807) is 0 Å². The van der Waals surface area contributed by atoms with Crippen molar-refractivity contribution >= 4 is 33.8 Å². The summed E-state index contributed by atoms with van der Waals surface area (Å²) >= 11 is 0. The van der Waals surface area contributed by atoms with Crippen molar-refractivity contribution < 1.29 is 12.3 Å². The lowest BCUT2D eigenvalue weighted by molar-refractivity contribution is 0.331. The number of hydrogen-bond donors (Lipinski definition) is 0. The van der Waals surface area contributed by atoms with Gasteiger partial charge in [0.15, 0.2) is 16.6 Å². The van der Waals surface area contributed by atoms with Gasteiger partial charge in [-0.1, -0.05) is 7.43 Å². The van der Waals surface area contributed by atoms with Gasteiger partial charge in [0.05, 0.1) is 0 Å². The van der Waals surface area contributed by atoms with Crippen LogP contribution < -0.4 is 0 Å². The molecule has 7 heteroatoms. The Balaban J connectivity index is 0. The highest BCUT2D eigenvalue weighted by molar-refractivity contribution is 6.89. The summed E-state index contributed by atoms with van der Waals surface area (Å²) in [4.78, 5) is 0. The van der Waals surface area contributed by atoms with Gasteiger partial charge >= 0.3 is 17.1 Å². The molecule has 0 amide bonds. The van der Waals surface area contributed by atoms with Crippen molar-refractivity contribution in [1.29, 1.82) is 0 Å². The standard InChI is InChI=1S/C10H30O3Si4.CH4/c1-14(2,3)11-16(7,8)13-17(9,10)12-15(4,5)6;/h1-10H3;1H4. The first-order valence-corrected chi connectivity index (χ1v) is 18.7. The van der Waals surface area contributed by atoms with Gasteiger partial charge in [-0.15, -0.1) is 0 Å². The van der Waals surface area contributed by atoms with Gasteiger partial charge in [0.25, 0.3) is 0 Å². The van der Waals surface area contributed by atoms with Crippen molar-refractivity contribution in [2.75, 3.05) is 0 Å². The van der Waals surface area contributed by atoms with E-state index in [1.165, 1.54) is 0 Å². The Bertz CT molecular complexity index is 228. The third-order valence-corrected chi connectivity index (χ3v) is 14.4. The van der Waals surface area contributed by atoms with Crippen LogP contribution >= 0.6 is 0 Å². The van der Waals surface area contributed by atoms with Gasteiger partial charge in [-0.2, -0.15) is 0 Å². The minimum absolute atomic E-state index is 0. The summed E-state index contributed by atoms with van der Waals surface area (Å²) in [5.74, 6) is 0. The van der Waals surface area contributed by atoms with Crippen molar-refractivity contribution in [1.82, 2.24) is 0 Å². The van der Waals surface area contributed by atoms with E-state index in [9.17, 15) is 0 Å². The van der Waals surface area contributed by atoms with Crippen molar-refractivity contribution in [3.63, 3.8) is 0 Å². The highest BCUT2D eigenvalue weighted by atomic mass is 28.5. The second kappa shape index (κ2) is 6.47. The maximum atomic E-state index is 6.28. The SMILES string of the molecule is C.C[Si](C)(C)O[Si](C)(C)O[Si](C)(C)O[Si](C)(C)C. The molecule has 0 spiro atoms. The molecule has 0 aliphatic heterocycles. The lowest BCUT2D eigenvalue weighted by Crippen LogP contribution is -2.55. The van der Waals surface area contributed by atoms with E-state index in [4.69, 9.17) is 12.3 Å². The Morgan fingerprint density at radius 2 is 0.667 bits per heavy atom. The molecule has 0 saturated heterocycles. The van der Waals surface area contributed by atoms with Crippen LogP contribution in [0.5, 0.6) is 0 Å². The van der Waals surface area contributed by atoms with E-state index < -0.39 is 33.8 Å². The Kier molecular flexibility index (Phi) is 7.56. The third-order valence-electron chi connectivity index (χ3n) is 1.60. The van der Waals surface area contributed by atoms with Crippen molar-refractivity contribution in [3.05, 3.63) is 0 Å². The Morgan fingerprint density at radius 3 is 0.833 bits per heavy atom. The first-order chi connectivity index (χ1) is 7.12. The monoisotopic (exact) mass is 326 g/mol.